The quantitative estimate of drug-likeness (QED) is 0.793. The topological polar surface area (TPSA) is 82.8 Å². The lowest BCUT2D eigenvalue weighted by Gasteiger charge is -2.06. The van der Waals surface area contributed by atoms with Crippen LogP contribution < -0.4 is 5.73 Å². The van der Waals surface area contributed by atoms with Gasteiger partial charge in [-0.1, -0.05) is 5.16 Å². The lowest BCUT2D eigenvalue weighted by atomic mass is 10.2. The van der Waals surface area contributed by atoms with Gasteiger partial charge in [0.25, 0.3) is 0 Å². The summed E-state index contributed by atoms with van der Waals surface area (Å²) in [6.07, 6.45) is 4.37. The van der Waals surface area contributed by atoms with E-state index in [2.05, 4.69) is 21.3 Å². The highest BCUT2D eigenvalue weighted by Crippen LogP contribution is 2.40. The Hall–Kier alpha value is -2.47. The second-order valence-corrected chi connectivity index (χ2v) is 5.20. The van der Waals surface area contributed by atoms with Crippen molar-refractivity contribution in [3.63, 3.8) is 0 Å². The van der Waals surface area contributed by atoms with Gasteiger partial charge >= 0.3 is 0 Å². The fraction of sp³-hybridized carbons (Fsp3) is 0.267. The lowest BCUT2D eigenvalue weighted by Crippen LogP contribution is -2.00. The maximum absolute atomic E-state index is 5.47. The predicted octanol–water partition coefficient (Wildman–Crippen LogP) is 2.26. The Kier molecular flexibility index (Phi) is 2.82. The van der Waals surface area contributed by atoms with E-state index >= 15 is 0 Å². The summed E-state index contributed by atoms with van der Waals surface area (Å²) < 4.78 is 7.03. The third kappa shape index (κ3) is 2.23. The molecular formula is C15H15N5O. The number of benzene rings is 1. The molecule has 0 amide bonds. The highest BCUT2D eigenvalue weighted by Gasteiger charge is 2.27. The van der Waals surface area contributed by atoms with E-state index in [1.165, 1.54) is 18.5 Å². The summed E-state index contributed by atoms with van der Waals surface area (Å²) in [5.41, 5.74) is 8.71. The molecule has 21 heavy (non-hydrogen) atoms. The molecule has 1 fully saturated rings. The molecule has 0 saturated heterocycles. The smallest absolute Gasteiger partial charge is 0.240 e. The average molecular weight is 281 g/mol. The van der Waals surface area contributed by atoms with E-state index in [-0.39, 0.29) is 6.54 Å². The minimum absolute atomic E-state index is 0.253. The molecule has 6 nitrogen and oxygen atoms in total. The number of rotatable bonds is 4. The van der Waals surface area contributed by atoms with Crippen LogP contribution in [0.15, 0.2) is 41.1 Å². The van der Waals surface area contributed by atoms with Crippen LogP contribution in [0.3, 0.4) is 0 Å². The molecule has 0 unspecified atom stereocenters. The maximum Gasteiger partial charge on any atom is 0.240 e. The summed E-state index contributed by atoms with van der Waals surface area (Å²) in [5.74, 6) is 1.67. The summed E-state index contributed by atoms with van der Waals surface area (Å²) in [4.78, 5) is 4.22. The molecule has 3 aromatic rings. The normalized spacial score (nSPS) is 14.5. The molecule has 1 aliphatic carbocycles. The zero-order chi connectivity index (χ0) is 14.2. The lowest BCUT2D eigenvalue weighted by molar-refractivity contribution is 0.380. The largest absolute Gasteiger partial charge is 0.338 e. The molecule has 1 aliphatic rings. The van der Waals surface area contributed by atoms with Crippen LogP contribution in [-0.4, -0.2) is 19.9 Å². The molecule has 0 radical (unpaired) electrons. The van der Waals surface area contributed by atoms with Crippen LogP contribution >= 0.6 is 0 Å². The van der Waals surface area contributed by atoms with Crippen molar-refractivity contribution in [3.05, 3.63) is 48.1 Å². The molecule has 2 aromatic heterocycles. The van der Waals surface area contributed by atoms with Crippen LogP contribution in [0.25, 0.3) is 17.1 Å². The van der Waals surface area contributed by atoms with E-state index in [9.17, 15) is 0 Å². The van der Waals surface area contributed by atoms with Gasteiger partial charge in [-0.3, -0.25) is 0 Å². The molecule has 6 heteroatoms. The minimum atomic E-state index is 0.253. The molecule has 1 saturated carbocycles. The van der Waals surface area contributed by atoms with Gasteiger partial charge in [0.2, 0.25) is 11.7 Å². The van der Waals surface area contributed by atoms with Crippen molar-refractivity contribution >= 4 is 0 Å². The van der Waals surface area contributed by atoms with Crippen LogP contribution in [0.1, 0.15) is 30.3 Å². The SMILES string of the molecule is NCc1nc(-c2ccc(-n3nccc3C3CC3)cc2)no1. The summed E-state index contributed by atoms with van der Waals surface area (Å²) in [5, 5.41) is 8.33. The summed E-state index contributed by atoms with van der Waals surface area (Å²) in [6.45, 7) is 0.253. The van der Waals surface area contributed by atoms with Gasteiger partial charge < -0.3 is 10.3 Å². The Labute approximate surface area is 121 Å². The van der Waals surface area contributed by atoms with Gasteiger partial charge in [-0.25, -0.2) is 4.68 Å². The van der Waals surface area contributed by atoms with Crippen LogP contribution in [0.2, 0.25) is 0 Å². The third-order valence-electron chi connectivity index (χ3n) is 3.68. The standard InChI is InChI=1S/C15H15N5O/c16-9-14-18-15(19-21-14)11-3-5-12(6-4-11)20-13(7-8-17-20)10-1-2-10/h3-8,10H,1-2,9,16H2. The van der Waals surface area contributed by atoms with Crippen LogP contribution in [0.4, 0.5) is 0 Å². The molecule has 2 N–H and O–H groups in total. The van der Waals surface area contributed by atoms with Crippen LogP contribution in [0.5, 0.6) is 0 Å². The van der Waals surface area contributed by atoms with Gasteiger partial charge in [0.05, 0.1) is 12.2 Å². The third-order valence-corrected chi connectivity index (χ3v) is 3.68. The molecule has 0 aliphatic heterocycles. The van der Waals surface area contributed by atoms with Crippen molar-refractivity contribution in [2.75, 3.05) is 0 Å². The highest BCUT2D eigenvalue weighted by atomic mass is 16.5. The molecule has 4 rings (SSSR count). The first-order valence-electron chi connectivity index (χ1n) is 7.02. The first kappa shape index (κ1) is 12.3. The molecule has 2 heterocycles. The summed E-state index contributed by atoms with van der Waals surface area (Å²) in [7, 11) is 0. The van der Waals surface area contributed by atoms with E-state index in [1.807, 2.05) is 35.1 Å². The van der Waals surface area contributed by atoms with Crippen LogP contribution in [-0.2, 0) is 6.54 Å². The number of hydrogen-bond acceptors (Lipinski definition) is 5. The Morgan fingerprint density at radius 2 is 2.00 bits per heavy atom. The summed E-state index contributed by atoms with van der Waals surface area (Å²) >= 11 is 0. The fourth-order valence-electron chi connectivity index (χ4n) is 2.42. The number of hydrogen-bond donors (Lipinski definition) is 1. The zero-order valence-corrected chi connectivity index (χ0v) is 11.4. The minimum Gasteiger partial charge on any atom is -0.338 e. The van der Waals surface area contributed by atoms with Crippen molar-refractivity contribution in [2.45, 2.75) is 25.3 Å². The van der Waals surface area contributed by atoms with Gasteiger partial charge in [-0.05, 0) is 43.2 Å². The van der Waals surface area contributed by atoms with Crippen molar-refractivity contribution in [1.29, 1.82) is 0 Å². The van der Waals surface area contributed by atoms with E-state index in [0.29, 0.717) is 17.6 Å². The number of nitrogens with zero attached hydrogens (tertiary/aromatic N) is 4. The monoisotopic (exact) mass is 281 g/mol. The molecule has 1 aromatic carbocycles. The van der Waals surface area contributed by atoms with Crippen LogP contribution in [0, 0.1) is 0 Å². The Morgan fingerprint density at radius 1 is 1.19 bits per heavy atom. The molecular weight excluding hydrogens is 266 g/mol. The van der Waals surface area contributed by atoms with Crippen molar-refractivity contribution in [1.82, 2.24) is 19.9 Å². The summed E-state index contributed by atoms with van der Waals surface area (Å²) in [6, 6.07) is 10.1. The van der Waals surface area contributed by atoms with Gasteiger partial charge in [-0.2, -0.15) is 10.1 Å². The predicted molar refractivity (Wildman–Crippen MR) is 76.7 cm³/mol. The molecule has 0 atom stereocenters. The second kappa shape index (κ2) is 4.82. The average Bonchev–Trinajstić information content (AvgIpc) is 3.07. The first-order chi connectivity index (χ1) is 10.3. The van der Waals surface area contributed by atoms with Crippen molar-refractivity contribution < 1.29 is 4.52 Å². The van der Waals surface area contributed by atoms with Gasteiger partial charge in [-0.15, -0.1) is 0 Å². The van der Waals surface area contributed by atoms with Gasteiger partial charge in [0.1, 0.15) is 0 Å². The van der Waals surface area contributed by atoms with Gasteiger partial charge in [0, 0.05) is 23.4 Å². The molecule has 0 spiro atoms. The van der Waals surface area contributed by atoms with Gasteiger partial charge in [0.15, 0.2) is 0 Å². The Balaban J connectivity index is 1.65. The van der Waals surface area contributed by atoms with Crippen molar-refractivity contribution in [3.8, 4) is 17.1 Å². The van der Waals surface area contributed by atoms with E-state index in [4.69, 9.17) is 10.3 Å². The molecule has 0 bridgehead atoms. The maximum atomic E-state index is 5.47. The molecule has 106 valence electrons. The Morgan fingerprint density at radius 3 is 2.67 bits per heavy atom. The van der Waals surface area contributed by atoms with Crippen molar-refractivity contribution in [2.24, 2.45) is 5.73 Å². The number of aromatic nitrogens is 4. The number of nitrogens with two attached hydrogens (primary N) is 1. The van der Waals surface area contributed by atoms with E-state index in [1.54, 1.807) is 0 Å². The fourth-order valence-corrected chi connectivity index (χ4v) is 2.42. The Bertz CT molecular complexity index is 754. The van der Waals surface area contributed by atoms with E-state index in [0.717, 1.165) is 11.3 Å². The second-order valence-electron chi connectivity index (χ2n) is 5.20. The highest BCUT2D eigenvalue weighted by molar-refractivity contribution is 5.56. The zero-order valence-electron chi connectivity index (χ0n) is 11.4. The van der Waals surface area contributed by atoms with E-state index < -0.39 is 0 Å². The first-order valence-corrected chi connectivity index (χ1v) is 7.02.